The molecule has 3 rings (SSSR count). The predicted octanol–water partition coefficient (Wildman–Crippen LogP) is 4.42. The van der Waals surface area contributed by atoms with Crippen molar-refractivity contribution in [3.05, 3.63) is 54.1 Å². The summed E-state index contributed by atoms with van der Waals surface area (Å²) in [5, 5.41) is 10.4. The molecule has 1 aromatic heterocycles. The zero-order valence-electron chi connectivity index (χ0n) is 11.1. The fraction of sp³-hybridized carbons (Fsp3) is 0.188. The van der Waals surface area contributed by atoms with E-state index >= 15 is 0 Å². The molecule has 0 amide bonds. The second-order valence-corrected chi connectivity index (χ2v) is 5.57. The van der Waals surface area contributed by atoms with E-state index in [1.807, 2.05) is 55.5 Å². The maximum absolute atomic E-state index is 9.77. The van der Waals surface area contributed by atoms with Crippen LogP contribution in [-0.4, -0.2) is 10.1 Å². The highest BCUT2D eigenvalue weighted by molar-refractivity contribution is 7.99. The Bertz CT molecular complexity index is 673. The lowest BCUT2D eigenvalue weighted by atomic mass is 10.1. The van der Waals surface area contributed by atoms with Gasteiger partial charge in [0.1, 0.15) is 5.52 Å². The first-order valence-corrected chi connectivity index (χ1v) is 7.39. The van der Waals surface area contributed by atoms with Crippen LogP contribution in [-0.2, 0) is 0 Å². The Kier molecular flexibility index (Phi) is 3.76. The summed E-state index contributed by atoms with van der Waals surface area (Å²) < 4.78 is 5.67. The van der Waals surface area contributed by atoms with Gasteiger partial charge in [-0.3, -0.25) is 0 Å². The van der Waals surface area contributed by atoms with Crippen LogP contribution in [0.2, 0.25) is 0 Å². The zero-order chi connectivity index (χ0) is 13.9. The van der Waals surface area contributed by atoms with Gasteiger partial charge in [-0.2, -0.15) is 0 Å². The van der Waals surface area contributed by atoms with Crippen molar-refractivity contribution in [1.82, 2.24) is 4.98 Å². The van der Waals surface area contributed by atoms with Crippen LogP contribution in [0, 0.1) is 0 Å². The van der Waals surface area contributed by atoms with Gasteiger partial charge in [0.25, 0.3) is 5.22 Å². The summed E-state index contributed by atoms with van der Waals surface area (Å²) in [5.41, 5.74) is 2.61. The van der Waals surface area contributed by atoms with Gasteiger partial charge in [0.05, 0.1) is 6.10 Å². The Morgan fingerprint density at radius 3 is 2.60 bits per heavy atom. The number of hydrogen-bond donors (Lipinski definition) is 1. The van der Waals surface area contributed by atoms with Crippen molar-refractivity contribution >= 4 is 22.9 Å². The van der Waals surface area contributed by atoms with Crippen molar-refractivity contribution in [3.63, 3.8) is 0 Å². The van der Waals surface area contributed by atoms with Crippen LogP contribution < -0.4 is 0 Å². The lowest BCUT2D eigenvalue weighted by Gasteiger charge is -2.07. The van der Waals surface area contributed by atoms with Crippen molar-refractivity contribution in [2.75, 3.05) is 0 Å². The summed E-state index contributed by atoms with van der Waals surface area (Å²) in [6, 6.07) is 15.6. The molecule has 0 aliphatic heterocycles. The summed E-state index contributed by atoms with van der Waals surface area (Å²) in [4.78, 5) is 5.47. The average molecular weight is 285 g/mol. The van der Waals surface area contributed by atoms with E-state index in [-0.39, 0.29) is 0 Å². The average Bonchev–Trinajstić information content (AvgIpc) is 2.89. The quantitative estimate of drug-likeness (QED) is 0.770. The molecule has 0 aliphatic rings. The maximum atomic E-state index is 9.77. The third-order valence-corrected chi connectivity index (χ3v) is 3.99. The molecule has 1 atom stereocenters. The Hall–Kier alpha value is -1.78. The summed E-state index contributed by atoms with van der Waals surface area (Å²) in [6.45, 7) is 1.96. The van der Waals surface area contributed by atoms with Crippen LogP contribution >= 0.6 is 11.8 Å². The summed E-state index contributed by atoms with van der Waals surface area (Å²) in [6.07, 6.45) is 0.329. The standard InChI is InChI=1S/C16H15NO2S/c1-2-14(18)11-7-9-12(10-8-11)20-16-17-13-5-3-4-6-15(13)19-16/h3-10,14,18H,2H2,1H3/t14-/m1/s1. The van der Waals surface area contributed by atoms with Crippen LogP contribution in [0.3, 0.4) is 0 Å². The molecule has 3 nitrogen and oxygen atoms in total. The topological polar surface area (TPSA) is 46.3 Å². The van der Waals surface area contributed by atoms with E-state index in [9.17, 15) is 5.11 Å². The lowest BCUT2D eigenvalue weighted by Crippen LogP contribution is -1.93. The molecule has 3 aromatic rings. The number of para-hydroxylation sites is 2. The van der Waals surface area contributed by atoms with Crippen LogP contribution in [0.4, 0.5) is 0 Å². The number of benzene rings is 2. The molecule has 0 bridgehead atoms. The van der Waals surface area contributed by atoms with Crippen molar-refractivity contribution in [3.8, 4) is 0 Å². The number of nitrogens with zero attached hydrogens (tertiary/aromatic N) is 1. The SMILES string of the molecule is CC[C@@H](O)c1ccc(Sc2nc3ccccc3o2)cc1. The number of fused-ring (bicyclic) bond motifs is 1. The van der Waals surface area contributed by atoms with Crippen molar-refractivity contribution in [2.45, 2.75) is 29.6 Å². The largest absolute Gasteiger partial charge is 0.431 e. The van der Waals surface area contributed by atoms with E-state index in [0.29, 0.717) is 5.22 Å². The number of oxazole rings is 1. The molecule has 20 heavy (non-hydrogen) atoms. The Morgan fingerprint density at radius 1 is 1.15 bits per heavy atom. The molecule has 0 unspecified atom stereocenters. The number of hydrogen-bond acceptors (Lipinski definition) is 4. The summed E-state index contributed by atoms with van der Waals surface area (Å²) in [7, 11) is 0. The minimum atomic E-state index is -0.390. The van der Waals surface area contributed by atoms with Gasteiger partial charge in [0.15, 0.2) is 5.58 Å². The maximum Gasteiger partial charge on any atom is 0.261 e. The van der Waals surface area contributed by atoms with Crippen molar-refractivity contribution < 1.29 is 9.52 Å². The minimum absolute atomic E-state index is 0.390. The molecule has 1 heterocycles. The number of aliphatic hydroxyl groups is 1. The number of rotatable bonds is 4. The third-order valence-electron chi connectivity index (χ3n) is 3.13. The van der Waals surface area contributed by atoms with E-state index in [1.165, 1.54) is 11.8 Å². The molecule has 0 saturated carbocycles. The first kappa shape index (κ1) is 13.2. The van der Waals surface area contributed by atoms with Gasteiger partial charge in [-0.15, -0.1) is 0 Å². The lowest BCUT2D eigenvalue weighted by molar-refractivity contribution is 0.173. The smallest absolute Gasteiger partial charge is 0.261 e. The molecule has 0 saturated heterocycles. The Balaban J connectivity index is 1.80. The van der Waals surface area contributed by atoms with Crippen LogP contribution in [0.5, 0.6) is 0 Å². The Morgan fingerprint density at radius 2 is 1.90 bits per heavy atom. The minimum Gasteiger partial charge on any atom is -0.431 e. The van der Waals surface area contributed by atoms with Crippen LogP contribution in [0.25, 0.3) is 11.1 Å². The molecule has 4 heteroatoms. The summed E-state index contributed by atoms with van der Waals surface area (Å²) >= 11 is 1.48. The molecule has 0 fully saturated rings. The molecule has 102 valence electrons. The monoisotopic (exact) mass is 285 g/mol. The van der Waals surface area contributed by atoms with Gasteiger partial charge in [0.2, 0.25) is 0 Å². The second-order valence-electron chi connectivity index (χ2n) is 4.54. The van der Waals surface area contributed by atoms with Crippen LogP contribution in [0.15, 0.2) is 63.1 Å². The predicted molar refractivity (Wildman–Crippen MR) is 79.8 cm³/mol. The van der Waals surface area contributed by atoms with Crippen molar-refractivity contribution in [1.29, 1.82) is 0 Å². The molecule has 1 N–H and O–H groups in total. The fourth-order valence-electron chi connectivity index (χ4n) is 1.99. The third kappa shape index (κ3) is 2.71. The van der Waals surface area contributed by atoms with Gasteiger partial charge in [-0.1, -0.05) is 31.2 Å². The van der Waals surface area contributed by atoms with Crippen molar-refractivity contribution in [2.24, 2.45) is 0 Å². The highest BCUT2D eigenvalue weighted by atomic mass is 32.2. The van der Waals surface area contributed by atoms with E-state index in [2.05, 4.69) is 4.98 Å². The van der Waals surface area contributed by atoms with Gasteiger partial charge in [0, 0.05) is 4.90 Å². The zero-order valence-corrected chi connectivity index (χ0v) is 11.9. The molecule has 0 spiro atoms. The Labute approximate surface area is 121 Å². The van der Waals surface area contributed by atoms with E-state index in [1.54, 1.807) is 0 Å². The first-order chi connectivity index (χ1) is 9.76. The van der Waals surface area contributed by atoms with Gasteiger partial charge < -0.3 is 9.52 Å². The number of aliphatic hydroxyl groups excluding tert-OH is 1. The molecule has 2 aromatic carbocycles. The summed E-state index contributed by atoms with van der Waals surface area (Å²) in [5.74, 6) is 0. The molecular weight excluding hydrogens is 270 g/mol. The molecular formula is C16H15NO2S. The number of aromatic nitrogens is 1. The molecule has 0 aliphatic carbocycles. The van der Waals surface area contributed by atoms with Gasteiger partial charge in [-0.25, -0.2) is 4.98 Å². The fourth-order valence-corrected chi connectivity index (χ4v) is 2.74. The highest BCUT2D eigenvalue weighted by Crippen LogP contribution is 2.30. The highest BCUT2D eigenvalue weighted by Gasteiger charge is 2.08. The van der Waals surface area contributed by atoms with Crippen LogP contribution in [0.1, 0.15) is 25.0 Å². The first-order valence-electron chi connectivity index (χ1n) is 6.57. The van der Waals surface area contributed by atoms with Gasteiger partial charge >= 0.3 is 0 Å². The molecule has 0 radical (unpaired) electrons. The van der Waals surface area contributed by atoms with E-state index < -0.39 is 6.10 Å². The van der Waals surface area contributed by atoms with E-state index in [0.717, 1.165) is 28.0 Å². The normalized spacial score (nSPS) is 12.7. The van der Waals surface area contributed by atoms with Gasteiger partial charge in [-0.05, 0) is 48.0 Å². The second kappa shape index (κ2) is 5.69. The van der Waals surface area contributed by atoms with E-state index in [4.69, 9.17) is 4.42 Å².